The molecule has 1 saturated heterocycles. The first kappa shape index (κ1) is 15.1. The third-order valence-corrected chi connectivity index (χ3v) is 3.69. The molecule has 2 rings (SSSR count). The predicted molar refractivity (Wildman–Crippen MR) is 76.5 cm³/mol. The van der Waals surface area contributed by atoms with E-state index in [4.69, 9.17) is 4.74 Å². The second kappa shape index (κ2) is 7.50. The van der Waals surface area contributed by atoms with Gasteiger partial charge in [-0.1, -0.05) is 6.92 Å². The number of hydrogen-bond donors (Lipinski definition) is 1. The minimum Gasteiger partial charge on any atom is -0.383 e. The number of methoxy groups -OCH3 is 1. The largest absolute Gasteiger partial charge is 0.383 e. The molecule has 1 fully saturated rings. The summed E-state index contributed by atoms with van der Waals surface area (Å²) in [5.74, 6) is 0.187. The van der Waals surface area contributed by atoms with Gasteiger partial charge in [-0.3, -0.25) is 0 Å². The number of aromatic nitrogens is 2. The zero-order valence-electron chi connectivity index (χ0n) is 12.2. The molecule has 0 aliphatic carbocycles. The van der Waals surface area contributed by atoms with Crippen LogP contribution in [0.3, 0.4) is 0 Å². The van der Waals surface area contributed by atoms with Gasteiger partial charge in [0.15, 0.2) is 11.6 Å². The Morgan fingerprint density at radius 1 is 1.50 bits per heavy atom. The monoisotopic (exact) mass is 282 g/mol. The molecule has 1 N–H and O–H groups in total. The van der Waals surface area contributed by atoms with E-state index in [0.717, 1.165) is 32.5 Å². The first-order chi connectivity index (χ1) is 9.77. The number of halogens is 1. The summed E-state index contributed by atoms with van der Waals surface area (Å²) in [6.07, 6.45) is 4.18. The van der Waals surface area contributed by atoms with E-state index >= 15 is 0 Å². The average Bonchev–Trinajstić information content (AvgIpc) is 2.92. The van der Waals surface area contributed by atoms with Gasteiger partial charge in [0.1, 0.15) is 6.33 Å². The number of nitrogens with one attached hydrogen (secondary N) is 1. The summed E-state index contributed by atoms with van der Waals surface area (Å²) in [7, 11) is 1.69. The predicted octanol–water partition coefficient (Wildman–Crippen LogP) is 1.38. The standard InChI is InChI=1S/C14H23FN4O/c1-3-12-13(15)14(18-10-17-12)19-7-4-5-11(19)9-16-6-8-20-2/h10-11,16H,3-9H2,1-2H3. The topological polar surface area (TPSA) is 50.3 Å². The molecule has 20 heavy (non-hydrogen) atoms. The zero-order valence-corrected chi connectivity index (χ0v) is 12.2. The molecular formula is C14H23FN4O. The van der Waals surface area contributed by atoms with Crippen molar-refractivity contribution in [1.82, 2.24) is 15.3 Å². The maximum absolute atomic E-state index is 14.3. The number of rotatable bonds is 7. The van der Waals surface area contributed by atoms with Crippen LogP contribution in [0.5, 0.6) is 0 Å². The fourth-order valence-corrected chi connectivity index (χ4v) is 2.61. The van der Waals surface area contributed by atoms with Crippen molar-refractivity contribution in [2.24, 2.45) is 0 Å². The van der Waals surface area contributed by atoms with Gasteiger partial charge in [0, 0.05) is 32.8 Å². The van der Waals surface area contributed by atoms with Gasteiger partial charge in [0.2, 0.25) is 0 Å². The number of aryl methyl sites for hydroxylation is 1. The highest BCUT2D eigenvalue weighted by molar-refractivity contribution is 5.43. The van der Waals surface area contributed by atoms with Crippen LogP contribution in [0.15, 0.2) is 6.33 Å². The lowest BCUT2D eigenvalue weighted by Gasteiger charge is -2.26. The van der Waals surface area contributed by atoms with Crippen molar-refractivity contribution >= 4 is 5.82 Å². The smallest absolute Gasteiger partial charge is 0.187 e. The Balaban J connectivity index is 2.03. The van der Waals surface area contributed by atoms with Gasteiger partial charge in [-0.2, -0.15) is 0 Å². The van der Waals surface area contributed by atoms with Crippen LogP contribution in [-0.2, 0) is 11.2 Å². The van der Waals surface area contributed by atoms with Crippen molar-refractivity contribution in [3.63, 3.8) is 0 Å². The molecule has 6 heteroatoms. The van der Waals surface area contributed by atoms with Crippen LogP contribution in [0.25, 0.3) is 0 Å². The zero-order chi connectivity index (χ0) is 14.4. The first-order valence-electron chi connectivity index (χ1n) is 7.23. The normalized spacial score (nSPS) is 18.8. The molecule has 1 unspecified atom stereocenters. The van der Waals surface area contributed by atoms with Crippen LogP contribution in [0.1, 0.15) is 25.5 Å². The Morgan fingerprint density at radius 2 is 2.35 bits per heavy atom. The lowest BCUT2D eigenvalue weighted by molar-refractivity contribution is 0.199. The summed E-state index contributed by atoms with van der Waals surface area (Å²) in [6.45, 7) is 5.09. The lowest BCUT2D eigenvalue weighted by Crippen LogP contribution is -2.40. The van der Waals surface area contributed by atoms with Gasteiger partial charge in [-0.15, -0.1) is 0 Å². The molecule has 2 heterocycles. The Labute approximate surface area is 119 Å². The van der Waals surface area contributed by atoms with Crippen LogP contribution < -0.4 is 10.2 Å². The quantitative estimate of drug-likeness (QED) is 0.766. The van der Waals surface area contributed by atoms with Crippen LogP contribution in [-0.4, -0.2) is 49.4 Å². The van der Waals surface area contributed by atoms with E-state index in [1.165, 1.54) is 6.33 Å². The van der Waals surface area contributed by atoms with Crippen molar-refractivity contribution in [3.05, 3.63) is 17.8 Å². The molecule has 0 radical (unpaired) electrons. The highest BCUT2D eigenvalue weighted by atomic mass is 19.1. The summed E-state index contributed by atoms with van der Waals surface area (Å²) in [6, 6.07) is 0.293. The van der Waals surface area contributed by atoms with Crippen molar-refractivity contribution in [2.75, 3.05) is 38.3 Å². The maximum Gasteiger partial charge on any atom is 0.187 e. The summed E-state index contributed by atoms with van der Waals surface area (Å²) in [5.41, 5.74) is 0.494. The highest BCUT2D eigenvalue weighted by Crippen LogP contribution is 2.26. The van der Waals surface area contributed by atoms with Crippen LogP contribution in [0, 0.1) is 5.82 Å². The van der Waals surface area contributed by atoms with E-state index < -0.39 is 0 Å². The molecule has 1 aliphatic heterocycles. The van der Waals surface area contributed by atoms with Gasteiger partial charge in [-0.05, 0) is 19.3 Å². The highest BCUT2D eigenvalue weighted by Gasteiger charge is 2.28. The van der Waals surface area contributed by atoms with E-state index in [9.17, 15) is 4.39 Å². The van der Waals surface area contributed by atoms with E-state index in [-0.39, 0.29) is 5.82 Å². The average molecular weight is 282 g/mol. The molecule has 112 valence electrons. The fourth-order valence-electron chi connectivity index (χ4n) is 2.61. The van der Waals surface area contributed by atoms with E-state index in [1.54, 1.807) is 7.11 Å². The Kier molecular flexibility index (Phi) is 5.67. The van der Waals surface area contributed by atoms with Gasteiger partial charge in [0.05, 0.1) is 12.3 Å². The van der Waals surface area contributed by atoms with Crippen molar-refractivity contribution in [1.29, 1.82) is 0 Å². The van der Waals surface area contributed by atoms with Gasteiger partial charge < -0.3 is 15.0 Å². The van der Waals surface area contributed by atoms with Crippen molar-refractivity contribution < 1.29 is 9.13 Å². The minimum absolute atomic E-state index is 0.265. The summed E-state index contributed by atoms with van der Waals surface area (Å²) >= 11 is 0. The SMILES string of the molecule is CCc1ncnc(N2CCCC2CNCCOC)c1F. The van der Waals surface area contributed by atoms with Crippen molar-refractivity contribution in [3.8, 4) is 0 Å². The van der Waals surface area contributed by atoms with E-state index in [2.05, 4.69) is 20.2 Å². The first-order valence-corrected chi connectivity index (χ1v) is 7.23. The minimum atomic E-state index is -0.265. The van der Waals surface area contributed by atoms with Gasteiger partial charge in [0.25, 0.3) is 0 Å². The van der Waals surface area contributed by atoms with Crippen LogP contribution in [0.2, 0.25) is 0 Å². The fraction of sp³-hybridized carbons (Fsp3) is 0.714. The molecule has 1 aromatic rings. The Bertz CT molecular complexity index is 430. The molecule has 1 atom stereocenters. The number of nitrogens with zero attached hydrogens (tertiary/aromatic N) is 3. The molecule has 1 aliphatic rings. The molecule has 5 nitrogen and oxygen atoms in total. The second-order valence-electron chi connectivity index (χ2n) is 5.00. The van der Waals surface area contributed by atoms with Crippen LogP contribution >= 0.6 is 0 Å². The van der Waals surface area contributed by atoms with Gasteiger partial charge in [-0.25, -0.2) is 14.4 Å². The van der Waals surface area contributed by atoms with Crippen LogP contribution in [0.4, 0.5) is 10.2 Å². The Hall–Kier alpha value is -1.27. The third kappa shape index (κ3) is 3.43. The number of hydrogen-bond acceptors (Lipinski definition) is 5. The molecule has 0 aromatic carbocycles. The molecule has 1 aromatic heterocycles. The lowest BCUT2D eigenvalue weighted by atomic mass is 10.2. The number of ether oxygens (including phenoxy) is 1. The van der Waals surface area contributed by atoms with E-state index in [1.807, 2.05) is 6.92 Å². The van der Waals surface area contributed by atoms with Crippen molar-refractivity contribution in [2.45, 2.75) is 32.2 Å². The summed E-state index contributed by atoms with van der Waals surface area (Å²) in [4.78, 5) is 10.2. The number of anilines is 1. The molecular weight excluding hydrogens is 259 g/mol. The van der Waals surface area contributed by atoms with Gasteiger partial charge >= 0.3 is 0 Å². The molecule has 0 bridgehead atoms. The molecule has 0 saturated carbocycles. The molecule has 0 spiro atoms. The third-order valence-electron chi connectivity index (χ3n) is 3.69. The summed E-state index contributed by atoms with van der Waals surface area (Å²) in [5, 5.41) is 3.34. The second-order valence-corrected chi connectivity index (χ2v) is 5.00. The Morgan fingerprint density at radius 3 is 3.10 bits per heavy atom. The summed E-state index contributed by atoms with van der Waals surface area (Å²) < 4.78 is 19.3. The maximum atomic E-state index is 14.3. The molecule has 0 amide bonds. The van der Waals surface area contributed by atoms with E-state index in [0.29, 0.717) is 30.6 Å².